The molecule has 0 aromatic rings. The summed E-state index contributed by atoms with van der Waals surface area (Å²) in [6.45, 7) is 6.94. The zero-order valence-corrected chi connectivity index (χ0v) is 17.9. The molecule has 4 fully saturated rings. The smallest absolute Gasteiger partial charge is 0.0602 e. The summed E-state index contributed by atoms with van der Waals surface area (Å²) in [6.07, 6.45) is 8.98. The van der Waals surface area contributed by atoms with E-state index in [9.17, 15) is 20.1 Å². The van der Waals surface area contributed by atoms with Crippen molar-refractivity contribution in [1.82, 2.24) is 0 Å². The summed E-state index contributed by atoms with van der Waals surface area (Å²) in [6, 6.07) is 0. The molecule has 4 nitrogen and oxygen atoms in total. The summed E-state index contributed by atoms with van der Waals surface area (Å²) in [4.78, 5) is 10.9. The van der Waals surface area contributed by atoms with Gasteiger partial charge in [-0.3, -0.25) is 0 Å². The zero-order chi connectivity index (χ0) is 20.3. The SMILES string of the molecule is C[C@H](CCC(=O)[O-])[C@H]1CC[C@H]2[C@@H]3CC[C@@H]4C[C@H](O)CC[C@]4(C)[C@@H]3C[C@H](O)[C@]12C. The molecular formula is C24H39O4-. The minimum absolute atomic E-state index is 0.0795. The van der Waals surface area contributed by atoms with Gasteiger partial charge >= 0.3 is 0 Å². The fourth-order valence-corrected chi connectivity index (χ4v) is 8.71. The number of rotatable bonds is 4. The van der Waals surface area contributed by atoms with Crippen molar-refractivity contribution in [1.29, 1.82) is 0 Å². The third-order valence-corrected chi connectivity index (χ3v) is 10.3. The van der Waals surface area contributed by atoms with Crippen LogP contribution >= 0.6 is 0 Å². The zero-order valence-electron chi connectivity index (χ0n) is 17.9. The maximum Gasteiger partial charge on any atom is 0.0602 e. The van der Waals surface area contributed by atoms with Gasteiger partial charge < -0.3 is 20.1 Å². The monoisotopic (exact) mass is 391 g/mol. The molecule has 0 radical (unpaired) electrons. The highest BCUT2D eigenvalue weighted by Crippen LogP contribution is 2.68. The molecule has 4 heteroatoms. The Bertz CT molecular complexity index is 605. The standard InChI is InChI=1S/C24H40O4/c1-14(4-9-22(27)28)18-7-8-19-17-6-5-15-12-16(25)10-11-23(15,2)20(17)13-21(26)24(18,19)3/h14-21,25-26H,4-13H2,1-3H3,(H,27,28)/p-1/t14-,15-,16-,17+,18-,19+,20-,21+,23+,24-/m1/s1. The maximum atomic E-state index is 11.5. The van der Waals surface area contributed by atoms with E-state index in [1.165, 1.54) is 19.3 Å². The van der Waals surface area contributed by atoms with E-state index in [0.29, 0.717) is 41.9 Å². The third-order valence-electron chi connectivity index (χ3n) is 10.3. The van der Waals surface area contributed by atoms with E-state index in [1.54, 1.807) is 0 Å². The highest BCUT2D eigenvalue weighted by molar-refractivity contribution is 5.64. The lowest BCUT2D eigenvalue weighted by Crippen LogP contribution is -2.58. The first-order valence-corrected chi connectivity index (χ1v) is 11.7. The van der Waals surface area contributed by atoms with E-state index in [2.05, 4.69) is 20.8 Å². The lowest BCUT2D eigenvalue weighted by atomic mass is 9.43. The van der Waals surface area contributed by atoms with E-state index >= 15 is 0 Å². The molecule has 4 rings (SSSR count). The molecule has 0 spiro atoms. The van der Waals surface area contributed by atoms with Crippen LogP contribution in [0.4, 0.5) is 0 Å². The molecule has 0 heterocycles. The van der Waals surface area contributed by atoms with E-state index in [4.69, 9.17) is 0 Å². The van der Waals surface area contributed by atoms with Crippen molar-refractivity contribution in [2.75, 3.05) is 0 Å². The van der Waals surface area contributed by atoms with Crippen LogP contribution in [-0.4, -0.2) is 28.4 Å². The average molecular weight is 392 g/mol. The Morgan fingerprint density at radius 2 is 1.82 bits per heavy atom. The van der Waals surface area contributed by atoms with Crippen molar-refractivity contribution >= 4 is 5.97 Å². The number of carboxylic acid groups (broad SMARTS) is 1. The van der Waals surface area contributed by atoms with Gasteiger partial charge in [0.05, 0.1) is 12.2 Å². The highest BCUT2D eigenvalue weighted by atomic mass is 16.4. The second kappa shape index (κ2) is 7.27. The van der Waals surface area contributed by atoms with Gasteiger partial charge in [0.1, 0.15) is 0 Å². The largest absolute Gasteiger partial charge is 0.550 e. The molecule has 0 aromatic carbocycles. The van der Waals surface area contributed by atoms with Gasteiger partial charge in [0, 0.05) is 5.97 Å². The van der Waals surface area contributed by atoms with Crippen LogP contribution in [0.1, 0.15) is 85.0 Å². The van der Waals surface area contributed by atoms with Crippen LogP contribution in [-0.2, 0) is 4.79 Å². The fourth-order valence-electron chi connectivity index (χ4n) is 8.71. The van der Waals surface area contributed by atoms with Crippen LogP contribution in [0, 0.1) is 46.3 Å². The third kappa shape index (κ3) is 3.05. The normalized spacial score (nSPS) is 51.7. The van der Waals surface area contributed by atoms with Crippen LogP contribution in [0.25, 0.3) is 0 Å². The van der Waals surface area contributed by atoms with Gasteiger partial charge in [-0.25, -0.2) is 0 Å². The number of aliphatic carboxylic acids is 1. The molecule has 0 aliphatic heterocycles. The first kappa shape index (κ1) is 20.7. The molecule has 4 aliphatic carbocycles. The van der Waals surface area contributed by atoms with E-state index < -0.39 is 5.97 Å². The molecule has 4 saturated carbocycles. The van der Waals surface area contributed by atoms with Gasteiger partial charge in [0.2, 0.25) is 0 Å². The van der Waals surface area contributed by atoms with Gasteiger partial charge in [0.15, 0.2) is 0 Å². The fraction of sp³-hybridized carbons (Fsp3) is 0.958. The van der Waals surface area contributed by atoms with Crippen LogP contribution in [0.15, 0.2) is 0 Å². The molecule has 0 aromatic heterocycles. The average Bonchev–Trinajstić information content (AvgIpc) is 3.00. The van der Waals surface area contributed by atoms with Crippen LogP contribution in [0.3, 0.4) is 0 Å². The second-order valence-electron chi connectivity index (χ2n) is 11.3. The number of carbonyl (C=O) groups excluding carboxylic acids is 1. The first-order valence-electron chi connectivity index (χ1n) is 11.7. The van der Waals surface area contributed by atoms with Crippen molar-refractivity contribution < 1.29 is 20.1 Å². The number of fused-ring (bicyclic) bond motifs is 5. The Morgan fingerprint density at radius 3 is 2.54 bits per heavy atom. The van der Waals surface area contributed by atoms with Gasteiger partial charge in [-0.15, -0.1) is 0 Å². The summed E-state index contributed by atoms with van der Waals surface area (Å²) in [5.41, 5.74) is 0.188. The Hall–Kier alpha value is -0.610. The number of hydrogen-bond donors (Lipinski definition) is 2. The molecule has 28 heavy (non-hydrogen) atoms. The van der Waals surface area contributed by atoms with E-state index in [0.717, 1.165) is 32.1 Å². The van der Waals surface area contributed by atoms with E-state index in [-0.39, 0.29) is 29.5 Å². The lowest BCUT2D eigenvalue weighted by molar-refractivity contribution is -0.306. The number of aliphatic hydroxyl groups excluding tert-OH is 2. The summed E-state index contributed by atoms with van der Waals surface area (Å²) >= 11 is 0. The molecule has 160 valence electrons. The van der Waals surface area contributed by atoms with Gasteiger partial charge in [-0.1, -0.05) is 20.8 Å². The molecule has 0 amide bonds. The van der Waals surface area contributed by atoms with Gasteiger partial charge in [-0.2, -0.15) is 0 Å². The Labute approximate surface area is 170 Å². The number of carboxylic acids is 1. The number of aliphatic hydroxyl groups is 2. The molecule has 4 aliphatic rings. The molecule has 2 N–H and O–H groups in total. The summed E-state index contributed by atoms with van der Waals surface area (Å²) in [5.74, 6) is 2.19. The highest BCUT2D eigenvalue weighted by Gasteiger charge is 2.63. The molecule has 0 unspecified atom stereocenters. The first-order chi connectivity index (χ1) is 13.2. The Morgan fingerprint density at radius 1 is 1.07 bits per heavy atom. The molecule has 0 bridgehead atoms. The van der Waals surface area contributed by atoms with Crippen LogP contribution < -0.4 is 5.11 Å². The van der Waals surface area contributed by atoms with E-state index in [1.807, 2.05) is 0 Å². The second-order valence-corrected chi connectivity index (χ2v) is 11.3. The van der Waals surface area contributed by atoms with Crippen molar-refractivity contribution in [3.63, 3.8) is 0 Å². The molecule has 10 atom stereocenters. The van der Waals surface area contributed by atoms with Crippen molar-refractivity contribution in [2.45, 2.75) is 97.2 Å². The van der Waals surface area contributed by atoms with Crippen molar-refractivity contribution in [3.05, 3.63) is 0 Å². The quantitative estimate of drug-likeness (QED) is 0.771. The summed E-state index contributed by atoms with van der Waals surface area (Å²) in [7, 11) is 0. The molecular weight excluding hydrogens is 352 g/mol. The minimum atomic E-state index is -0.957. The van der Waals surface area contributed by atoms with Crippen LogP contribution in [0.2, 0.25) is 0 Å². The predicted octanol–water partition coefficient (Wildman–Crippen LogP) is 3.14. The van der Waals surface area contributed by atoms with Crippen molar-refractivity contribution in [2.24, 2.45) is 46.3 Å². The van der Waals surface area contributed by atoms with Gasteiger partial charge in [0.25, 0.3) is 0 Å². The Kier molecular flexibility index (Phi) is 5.36. The molecule has 0 saturated heterocycles. The number of hydrogen-bond acceptors (Lipinski definition) is 4. The minimum Gasteiger partial charge on any atom is -0.550 e. The topological polar surface area (TPSA) is 80.6 Å². The van der Waals surface area contributed by atoms with Gasteiger partial charge in [-0.05, 0) is 111 Å². The Balaban J connectivity index is 1.56. The summed E-state index contributed by atoms with van der Waals surface area (Å²) < 4.78 is 0. The predicted molar refractivity (Wildman–Crippen MR) is 106 cm³/mol. The summed E-state index contributed by atoms with van der Waals surface area (Å²) in [5, 5.41) is 32.6. The number of carbonyl (C=O) groups is 1. The van der Waals surface area contributed by atoms with Crippen molar-refractivity contribution in [3.8, 4) is 0 Å². The lowest BCUT2D eigenvalue weighted by Gasteiger charge is -2.62. The maximum absolute atomic E-state index is 11.5. The van der Waals surface area contributed by atoms with Crippen LogP contribution in [0.5, 0.6) is 0 Å².